The van der Waals surface area contributed by atoms with Crippen molar-refractivity contribution in [2.45, 2.75) is 31.4 Å². The van der Waals surface area contributed by atoms with E-state index in [0.29, 0.717) is 36.4 Å². The van der Waals surface area contributed by atoms with Gasteiger partial charge in [0.05, 0.1) is 17.7 Å². The van der Waals surface area contributed by atoms with Crippen LogP contribution in [0.1, 0.15) is 36.3 Å². The minimum absolute atomic E-state index is 0.0503. The van der Waals surface area contributed by atoms with Gasteiger partial charge in [-0.15, -0.1) is 0 Å². The average Bonchev–Trinajstić information content (AvgIpc) is 2.94. The predicted molar refractivity (Wildman–Crippen MR) is 81.1 cm³/mol. The van der Waals surface area contributed by atoms with E-state index in [2.05, 4.69) is 5.32 Å². The standard InChI is InChI=1S/C18H13F4NO3/c19-10-2-1-8(7-9(10)18(20,21)22)14-15-11(3-4-13(15)24)23-12-5-6-26-17(25)16(12)14/h1-2,7,14,23H,3-6H2. The zero-order valence-corrected chi connectivity index (χ0v) is 13.4. The van der Waals surface area contributed by atoms with Crippen LogP contribution in [0.3, 0.4) is 0 Å². The Kier molecular flexibility index (Phi) is 3.68. The Morgan fingerprint density at radius 2 is 1.77 bits per heavy atom. The maximum absolute atomic E-state index is 13.7. The van der Waals surface area contributed by atoms with Gasteiger partial charge in [-0.1, -0.05) is 6.07 Å². The molecule has 0 bridgehead atoms. The van der Waals surface area contributed by atoms with Gasteiger partial charge in [0.2, 0.25) is 0 Å². The van der Waals surface area contributed by atoms with E-state index in [0.717, 1.165) is 0 Å². The molecule has 0 spiro atoms. The molecule has 1 aliphatic carbocycles. The normalized spacial score (nSPS) is 22.8. The fourth-order valence-electron chi connectivity index (χ4n) is 3.74. The number of nitrogens with one attached hydrogen (secondary N) is 1. The zero-order valence-electron chi connectivity index (χ0n) is 13.4. The summed E-state index contributed by atoms with van der Waals surface area (Å²) in [7, 11) is 0. The highest BCUT2D eigenvalue weighted by atomic mass is 19.4. The van der Waals surface area contributed by atoms with Gasteiger partial charge in [-0.25, -0.2) is 9.18 Å². The highest BCUT2D eigenvalue weighted by Crippen LogP contribution is 2.46. The van der Waals surface area contributed by atoms with Crippen molar-refractivity contribution in [3.05, 3.63) is 57.7 Å². The van der Waals surface area contributed by atoms with Gasteiger partial charge in [0, 0.05) is 35.7 Å². The van der Waals surface area contributed by atoms with Crippen LogP contribution in [-0.2, 0) is 20.5 Å². The van der Waals surface area contributed by atoms with Crippen molar-refractivity contribution < 1.29 is 31.9 Å². The molecule has 1 atom stereocenters. The number of ether oxygens (including phenoxy) is 1. The number of hydrogen-bond acceptors (Lipinski definition) is 4. The molecular formula is C18H13F4NO3. The summed E-state index contributed by atoms with van der Waals surface area (Å²) in [6, 6.07) is 2.57. The summed E-state index contributed by atoms with van der Waals surface area (Å²) in [4.78, 5) is 24.7. The quantitative estimate of drug-likeness (QED) is 0.611. The number of rotatable bonds is 1. The molecule has 1 unspecified atom stereocenters. The van der Waals surface area contributed by atoms with Crippen molar-refractivity contribution in [2.75, 3.05) is 6.61 Å². The molecule has 26 heavy (non-hydrogen) atoms. The van der Waals surface area contributed by atoms with E-state index < -0.39 is 29.4 Å². The van der Waals surface area contributed by atoms with E-state index >= 15 is 0 Å². The van der Waals surface area contributed by atoms with Crippen LogP contribution in [0.25, 0.3) is 0 Å². The molecular weight excluding hydrogens is 354 g/mol. The molecule has 1 aromatic rings. The highest BCUT2D eigenvalue weighted by molar-refractivity contribution is 6.05. The lowest BCUT2D eigenvalue weighted by Crippen LogP contribution is -2.34. The number of esters is 1. The van der Waals surface area contributed by atoms with Gasteiger partial charge >= 0.3 is 12.1 Å². The third kappa shape index (κ3) is 2.51. The van der Waals surface area contributed by atoms with E-state index in [9.17, 15) is 27.2 Å². The number of dihydropyridines is 1. The van der Waals surface area contributed by atoms with Crippen LogP contribution in [0.5, 0.6) is 0 Å². The number of allylic oxidation sites excluding steroid dienone is 2. The maximum Gasteiger partial charge on any atom is 0.419 e. The second-order valence-electron chi connectivity index (χ2n) is 6.39. The molecule has 2 heterocycles. The van der Waals surface area contributed by atoms with Gasteiger partial charge in [-0.05, 0) is 24.1 Å². The van der Waals surface area contributed by atoms with Crippen LogP contribution < -0.4 is 5.32 Å². The summed E-state index contributed by atoms with van der Waals surface area (Å²) in [5.41, 5.74) is 0.193. The third-order valence-corrected chi connectivity index (χ3v) is 4.87. The van der Waals surface area contributed by atoms with Crippen molar-refractivity contribution >= 4 is 11.8 Å². The fourth-order valence-corrected chi connectivity index (χ4v) is 3.74. The summed E-state index contributed by atoms with van der Waals surface area (Å²) in [6.45, 7) is 0.158. The van der Waals surface area contributed by atoms with Gasteiger partial charge in [-0.3, -0.25) is 4.79 Å². The monoisotopic (exact) mass is 367 g/mol. The van der Waals surface area contributed by atoms with Crippen LogP contribution in [0.4, 0.5) is 17.6 Å². The van der Waals surface area contributed by atoms with Crippen molar-refractivity contribution in [1.82, 2.24) is 5.32 Å². The van der Waals surface area contributed by atoms with Gasteiger partial charge in [-0.2, -0.15) is 13.2 Å². The summed E-state index contributed by atoms with van der Waals surface area (Å²) in [5, 5.41) is 3.08. The van der Waals surface area contributed by atoms with Crippen molar-refractivity contribution in [3.63, 3.8) is 0 Å². The second-order valence-corrected chi connectivity index (χ2v) is 6.39. The fraction of sp³-hybridized carbons (Fsp3) is 0.333. The first-order valence-corrected chi connectivity index (χ1v) is 8.07. The minimum atomic E-state index is -4.88. The lowest BCUT2D eigenvalue weighted by atomic mass is 9.79. The van der Waals surface area contributed by atoms with Crippen LogP contribution in [0.2, 0.25) is 0 Å². The van der Waals surface area contributed by atoms with Gasteiger partial charge < -0.3 is 10.1 Å². The van der Waals surface area contributed by atoms with Crippen LogP contribution in [-0.4, -0.2) is 18.4 Å². The molecule has 0 amide bonds. The highest BCUT2D eigenvalue weighted by Gasteiger charge is 2.43. The molecule has 8 heteroatoms. The smallest absolute Gasteiger partial charge is 0.419 e. The molecule has 136 valence electrons. The Morgan fingerprint density at radius 1 is 1.04 bits per heavy atom. The molecule has 0 aromatic heterocycles. The minimum Gasteiger partial charge on any atom is -0.462 e. The SMILES string of the molecule is O=C1CCC2=C1C(c1ccc(F)c(C(F)(F)F)c1)C1=C(CCOC1=O)N2. The van der Waals surface area contributed by atoms with Gasteiger partial charge in [0.25, 0.3) is 0 Å². The predicted octanol–water partition coefficient (Wildman–Crippen LogP) is 3.35. The molecule has 4 nitrogen and oxygen atoms in total. The molecule has 4 rings (SSSR count). The summed E-state index contributed by atoms with van der Waals surface area (Å²) >= 11 is 0. The Morgan fingerprint density at radius 3 is 2.50 bits per heavy atom. The Bertz CT molecular complexity index is 898. The van der Waals surface area contributed by atoms with E-state index in [1.165, 1.54) is 6.07 Å². The molecule has 0 saturated heterocycles. The average molecular weight is 367 g/mol. The van der Waals surface area contributed by atoms with Crippen molar-refractivity contribution in [2.24, 2.45) is 0 Å². The number of carbonyl (C=O) groups is 2. The van der Waals surface area contributed by atoms with Crippen molar-refractivity contribution in [1.29, 1.82) is 0 Å². The Hall–Kier alpha value is -2.64. The third-order valence-electron chi connectivity index (χ3n) is 4.87. The Balaban J connectivity index is 1.91. The summed E-state index contributed by atoms with van der Waals surface area (Å²) in [6.07, 6.45) is -3.84. The number of cyclic esters (lactones) is 1. The molecule has 1 aromatic carbocycles. The number of Topliss-reactive ketones (excluding diaryl/α,β-unsaturated/α-hetero) is 1. The van der Waals surface area contributed by atoms with E-state index in [1.807, 2.05) is 0 Å². The van der Waals surface area contributed by atoms with Crippen LogP contribution in [0, 0.1) is 5.82 Å². The topological polar surface area (TPSA) is 55.4 Å². The number of carbonyl (C=O) groups excluding carboxylic acids is 2. The zero-order chi connectivity index (χ0) is 18.6. The van der Waals surface area contributed by atoms with E-state index in [1.54, 1.807) is 0 Å². The first kappa shape index (κ1) is 16.8. The first-order chi connectivity index (χ1) is 12.3. The van der Waals surface area contributed by atoms with E-state index in [-0.39, 0.29) is 35.5 Å². The summed E-state index contributed by atoms with van der Waals surface area (Å²) in [5.74, 6) is -3.29. The molecule has 1 N–H and O–H groups in total. The van der Waals surface area contributed by atoms with Crippen molar-refractivity contribution in [3.8, 4) is 0 Å². The molecule has 0 fully saturated rings. The Labute approximate surface area is 145 Å². The number of halogens is 4. The largest absolute Gasteiger partial charge is 0.462 e. The number of alkyl halides is 3. The molecule has 0 radical (unpaired) electrons. The first-order valence-electron chi connectivity index (χ1n) is 8.07. The molecule has 2 aliphatic heterocycles. The van der Waals surface area contributed by atoms with Gasteiger partial charge in [0.1, 0.15) is 5.82 Å². The lowest BCUT2D eigenvalue weighted by Gasteiger charge is -2.33. The number of benzene rings is 1. The molecule has 0 saturated carbocycles. The van der Waals surface area contributed by atoms with Crippen LogP contribution >= 0.6 is 0 Å². The molecule has 3 aliphatic rings. The van der Waals surface area contributed by atoms with E-state index in [4.69, 9.17) is 4.74 Å². The number of hydrogen-bond donors (Lipinski definition) is 1. The van der Waals surface area contributed by atoms with Gasteiger partial charge in [0.15, 0.2) is 5.78 Å². The maximum atomic E-state index is 13.7. The summed E-state index contributed by atoms with van der Waals surface area (Å²) < 4.78 is 58.1. The number of ketones is 1. The lowest BCUT2D eigenvalue weighted by molar-refractivity contribution is -0.140. The second kappa shape index (κ2) is 5.69. The van der Waals surface area contributed by atoms with Crippen LogP contribution in [0.15, 0.2) is 40.7 Å².